The van der Waals surface area contributed by atoms with Crippen molar-refractivity contribution in [2.75, 3.05) is 13.7 Å². The molecule has 2 atom stereocenters. The van der Waals surface area contributed by atoms with E-state index in [-0.39, 0.29) is 23.7 Å². The lowest BCUT2D eigenvalue weighted by atomic mass is 9.77. The molecule has 29 heavy (non-hydrogen) atoms. The molecule has 0 spiro atoms. The summed E-state index contributed by atoms with van der Waals surface area (Å²) < 4.78 is 18.6. The molecule has 1 aliphatic heterocycles. The van der Waals surface area contributed by atoms with Gasteiger partial charge in [-0.25, -0.2) is 4.39 Å². The molecule has 0 saturated carbocycles. The summed E-state index contributed by atoms with van der Waals surface area (Å²) >= 11 is 0. The van der Waals surface area contributed by atoms with E-state index in [4.69, 9.17) is 4.74 Å². The predicted molar refractivity (Wildman–Crippen MR) is 111 cm³/mol. The Morgan fingerprint density at radius 2 is 1.55 bits per heavy atom. The first-order valence-electron chi connectivity index (χ1n) is 9.91. The minimum absolute atomic E-state index is 0.0466. The highest BCUT2D eigenvalue weighted by Crippen LogP contribution is 2.46. The summed E-state index contributed by atoms with van der Waals surface area (Å²) in [6.07, 6.45) is 1.83. The van der Waals surface area contributed by atoms with Crippen LogP contribution in [0.5, 0.6) is 5.75 Å². The van der Waals surface area contributed by atoms with E-state index in [9.17, 15) is 9.18 Å². The molecule has 3 aromatic carbocycles. The highest BCUT2D eigenvalue weighted by Gasteiger charge is 2.48. The highest BCUT2D eigenvalue weighted by atomic mass is 19.1. The summed E-state index contributed by atoms with van der Waals surface area (Å²) in [4.78, 5) is 14.9. The largest absolute Gasteiger partial charge is 0.497 e. The molecule has 0 unspecified atom stereocenters. The second-order valence-electron chi connectivity index (χ2n) is 7.37. The van der Waals surface area contributed by atoms with E-state index >= 15 is 0 Å². The summed E-state index contributed by atoms with van der Waals surface area (Å²) in [6.45, 7) is 0.697. The van der Waals surface area contributed by atoms with Gasteiger partial charge in [0.1, 0.15) is 11.6 Å². The van der Waals surface area contributed by atoms with E-state index in [1.54, 1.807) is 19.2 Å². The van der Waals surface area contributed by atoms with Crippen LogP contribution in [-0.4, -0.2) is 24.5 Å². The molecule has 1 aliphatic rings. The quantitative estimate of drug-likeness (QED) is 0.524. The standard InChI is InChI=1S/C25H24FNO2/c1-29-22-15-11-20(12-16-22)24-23(19-9-13-21(26)14-10-19)25(28)27(24)17-5-8-18-6-3-2-4-7-18/h2-4,6-7,9-16,23-24H,5,8,17H2,1H3/t23-,24-/m0/s1. The fraction of sp³-hybridized carbons (Fsp3) is 0.240. The molecule has 0 N–H and O–H groups in total. The molecule has 148 valence electrons. The Morgan fingerprint density at radius 1 is 0.897 bits per heavy atom. The number of aryl methyl sites for hydroxylation is 1. The maximum Gasteiger partial charge on any atom is 0.233 e. The summed E-state index contributed by atoms with van der Waals surface area (Å²) in [7, 11) is 1.64. The Hall–Kier alpha value is -3.14. The second-order valence-corrected chi connectivity index (χ2v) is 7.37. The summed E-state index contributed by atoms with van der Waals surface area (Å²) in [5, 5.41) is 0. The number of hydrogen-bond acceptors (Lipinski definition) is 2. The van der Waals surface area contributed by atoms with Gasteiger partial charge in [-0.05, 0) is 53.8 Å². The number of β-lactam (4-membered cyclic amide) rings is 1. The van der Waals surface area contributed by atoms with Gasteiger partial charge in [-0.3, -0.25) is 4.79 Å². The molecule has 0 radical (unpaired) electrons. The number of halogens is 1. The molecule has 1 fully saturated rings. The van der Waals surface area contributed by atoms with Gasteiger partial charge in [0, 0.05) is 6.54 Å². The van der Waals surface area contributed by atoms with Crippen LogP contribution in [0.1, 0.15) is 35.1 Å². The van der Waals surface area contributed by atoms with E-state index in [0.29, 0.717) is 6.54 Å². The summed E-state index contributed by atoms with van der Waals surface area (Å²) in [5.74, 6) is 0.320. The van der Waals surface area contributed by atoms with Gasteiger partial charge in [-0.15, -0.1) is 0 Å². The smallest absolute Gasteiger partial charge is 0.233 e. The zero-order chi connectivity index (χ0) is 20.2. The Bertz CT molecular complexity index is 954. The van der Waals surface area contributed by atoms with Crippen LogP contribution in [0.25, 0.3) is 0 Å². The topological polar surface area (TPSA) is 29.5 Å². The van der Waals surface area contributed by atoms with Crippen molar-refractivity contribution < 1.29 is 13.9 Å². The number of rotatable bonds is 7. The van der Waals surface area contributed by atoms with Crippen molar-refractivity contribution in [3.63, 3.8) is 0 Å². The Morgan fingerprint density at radius 3 is 2.21 bits per heavy atom. The van der Waals surface area contributed by atoms with Crippen LogP contribution in [0.4, 0.5) is 4.39 Å². The maximum atomic E-state index is 13.4. The van der Waals surface area contributed by atoms with Crippen LogP contribution in [-0.2, 0) is 11.2 Å². The molecule has 0 aromatic heterocycles. The SMILES string of the molecule is COc1ccc([C@H]2[C@H](c3ccc(F)cc3)C(=O)N2CCCc2ccccc2)cc1. The molecular weight excluding hydrogens is 365 g/mol. The van der Waals surface area contributed by atoms with E-state index < -0.39 is 0 Å². The fourth-order valence-corrected chi connectivity index (χ4v) is 4.06. The van der Waals surface area contributed by atoms with Gasteiger partial charge in [-0.2, -0.15) is 0 Å². The average Bonchev–Trinajstić information content (AvgIpc) is 2.77. The van der Waals surface area contributed by atoms with Crippen LogP contribution in [0.2, 0.25) is 0 Å². The van der Waals surface area contributed by atoms with Crippen molar-refractivity contribution in [1.82, 2.24) is 4.90 Å². The van der Waals surface area contributed by atoms with Crippen LogP contribution < -0.4 is 4.74 Å². The Labute approximate surface area is 170 Å². The van der Waals surface area contributed by atoms with Crippen molar-refractivity contribution in [2.24, 2.45) is 0 Å². The molecule has 0 aliphatic carbocycles. The third kappa shape index (κ3) is 4.02. The first-order valence-corrected chi connectivity index (χ1v) is 9.91. The van der Waals surface area contributed by atoms with Gasteiger partial charge in [0.2, 0.25) is 5.91 Å². The van der Waals surface area contributed by atoms with Crippen LogP contribution in [0.15, 0.2) is 78.9 Å². The molecule has 4 heteroatoms. The molecule has 1 amide bonds. The molecule has 3 aromatic rings. The molecule has 0 bridgehead atoms. The number of carbonyl (C=O) groups excluding carboxylic acids is 1. The van der Waals surface area contributed by atoms with E-state index in [1.165, 1.54) is 17.7 Å². The van der Waals surface area contributed by atoms with Crippen molar-refractivity contribution in [3.8, 4) is 5.75 Å². The number of benzene rings is 3. The molecule has 1 heterocycles. The number of ether oxygens (including phenoxy) is 1. The predicted octanol–water partition coefficient (Wildman–Crippen LogP) is 5.13. The number of likely N-dealkylation sites (tertiary alicyclic amines) is 1. The Balaban J connectivity index is 1.54. The fourth-order valence-electron chi connectivity index (χ4n) is 4.06. The molecular formula is C25H24FNO2. The van der Waals surface area contributed by atoms with Crippen LogP contribution in [0, 0.1) is 5.82 Å². The number of hydrogen-bond donors (Lipinski definition) is 0. The van der Waals surface area contributed by atoms with Gasteiger partial charge >= 0.3 is 0 Å². The van der Waals surface area contributed by atoms with Crippen molar-refractivity contribution in [1.29, 1.82) is 0 Å². The second kappa shape index (κ2) is 8.48. The van der Waals surface area contributed by atoms with Crippen molar-refractivity contribution in [2.45, 2.75) is 24.8 Å². The lowest BCUT2D eigenvalue weighted by Gasteiger charge is -2.48. The number of amides is 1. The van der Waals surface area contributed by atoms with Crippen LogP contribution >= 0.6 is 0 Å². The molecule has 3 nitrogen and oxygen atoms in total. The van der Waals surface area contributed by atoms with Gasteiger partial charge in [0.05, 0.1) is 19.1 Å². The summed E-state index contributed by atoms with van der Waals surface area (Å²) in [6, 6.07) is 24.4. The zero-order valence-electron chi connectivity index (χ0n) is 16.4. The van der Waals surface area contributed by atoms with Gasteiger partial charge in [-0.1, -0.05) is 54.6 Å². The van der Waals surface area contributed by atoms with Crippen molar-refractivity contribution in [3.05, 3.63) is 101 Å². The monoisotopic (exact) mass is 389 g/mol. The number of methoxy groups -OCH3 is 1. The zero-order valence-corrected chi connectivity index (χ0v) is 16.4. The minimum Gasteiger partial charge on any atom is -0.497 e. The highest BCUT2D eigenvalue weighted by molar-refractivity contribution is 5.91. The maximum absolute atomic E-state index is 13.4. The van der Waals surface area contributed by atoms with E-state index in [1.807, 2.05) is 47.4 Å². The van der Waals surface area contributed by atoms with E-state index in [0.717, 1.165) is 29.7 Å². The normalized spacial score (nSPS) is 18.4. The van der Waals surface area contributed by atoms with Crippen LogP contribution in [0.3, 0.4) is 0 Å². The Kier molecular flexibility index (Phi) is 5.61. The first kappa shape index (κ1) is 19.2. The third-order valence-electron chi connectivity index (χ3n) is 5.59. The third-order valence-corrected chi connectivity index (χ3v) is 5.59. The molecule has 4 rings (SSSR count). The lowest BCUT2D eigenvalue weighted by Crippen LogP contribution is -2.53. The summed E-state index contributed by atoms with van der Waals surface area (Å²) in [5.41, 5.74) is 3.20. The molecule has 1 saturated heterocycles. The average molecular weight is 389 g/mol. The van der Waals surface area contributed by atoms with Gasteiger partial charge in [0.15, 0.2) is 0 Å². The number of carbonyl (C=O) groups is 1. The number of nitrogens with zero attached hydrogens (tertiary/aromatic N) is 1. The van der Waals surface area contributed by atoms with Gasteiger partial charge in [0.25, 0.3) is 0 Å². The van der Waals surface area contributed by atoms with E-state index in [2.05, 4.69) is 12.1 Å². The lowest BCUT2D eigenvalue weighted by molar-refractivity contribution is -0.150. The van der Waals surface area contributed by atoms with Gasteiger partial charge < -0.3 is 9.64 Å². The minimum atomic E-state index is -0.291. The van der Waals surface area contributed by atoms with Crippen molar-refractivity contribution >= 4 is 5.91 Å². The first-order chi connectivity index (χ1) is 14.2.